The molecule has 0 radical (unpaired) electrons. The maximum Gasteiger partial charge on any atom is 0.332 e. The maximum absolute atomic E-state index is 13.2. The van der Waals surface area contributed by atoms with Crippen LogP contribution < -0.4 is 21.3 Å². The summed E-state index contributed by atoms with van der Waals surface area (Å²) in [7, 11) is -4.84. The van der Waals surface area contributed by atoms with E-state index in [0.717, 1.165) is 12.1 Å². The van der Waals surface area contributed by atoms with Crippen LogP contribution in [0.1, 0.15) is 36.5 Å². The minimum Gasteiger partial charge on any atom is -0.481 e. The number of ether oxygens (including phenoxy) is 1. The molecule has 0 bridgehead atoms. The second-order valence-corrected chi connectivity index (χ2v) is 10.0. The molecule has 4 aromatic rings. The number of carbonyl (C=O) groups is 1. The molecule has 0 saturated carbocycles. The lowest BCUT2D eigenvalue weighted by atomic mass is 10.2. The van der Waals surface area contributed by atoms with E-state index in [4.69, 9.17) is 11.2 Å². The van der Waals surface area contributed by atoms with Crippen LogP contribution in [0.2, 0.25) is 0 Å². The molecule has 0 fully saturated rings. The molecular formula is C26H26FN5O6S. The highest BCUT2D eigenvalue weighted by atomic mass is 32.3. The number of fused-ring (bicyclic) bond motifs is 3. The van der Waals surface area contributed by atoms with Gasteiger partial charge in [-0.15, -0.1) is 10.3 Å². The van der Waals surface area contributed by atoms with Crippen molar-refractivity contribution >= 4 is 32.9 Å². The number of hydrogen-bond donors (Lipinski definition) is 1. The van der Waals surface area contributed by atoms with E-state index in [2.05, 4.69) is 16.2 Å². The summed E-state index contributed by atoms with van der Waals surface area (Å²) in [6, 6.07) is 7.79. The molecule has 204 valence electrons. The number of imidazole rings is 1. The first-order valence-electron chi connectivity index (χ1n) is 12.2. The van der Waals surface area contributed by atoms with Crippen molar-refractivity contribution in [3.05, 3.63) is 69.0 Å². The molecule has 0 aliphatic heterocycles. The quantitative estimate of drug-likeness (QED) is 0.170. The Bertz CT molecular complexity index is 1800. The third kappa shape index (κ3) is 5.85. The lowest BCUT2D eigenvalue weighted by Crippen LogP contribution is -2.40. The number of rotatable bonds is 11. The number of halogens is 1. The molecule has 39 heavy (non-hydrogen) atoms. The van der Waals surface area contributed by atoms with E-state index in [1.54, 1.807) is 22.7 Å². The summed E-state index contributed by atoms with van der Waals surface area (Å²) in [5.74, 6) is 2.42. The van der Waals surface area contributed by atoms with E-state index in [-0.39, 0.29) is 43.0 Å². The molecule has 13 heteroatoms. The summed E-state index contributed by atoms with van der Waals surface area (Å²) < 4.78 is 44.6. The van der Waals surface area contributed by atoms with E-state index >= 15 is 0 Å². The first-order valence-corrected chi connectivity index (χ1v) is 13.6. The first-order chi connectivity index (χ1) is 18.7. The van der Waals surface area contributed by atoms with Crippen molar-refractivity contribution in [3.8, 4) is 18.1 Å². The van der Waals surface area contributed by atoms with Gasteiger partial charge in [0.05, 0.1) is 4.90 Å². The number of hydrogen-bond acceptors (Lipinski definition) is 7. The van der Waals surface area contributed by atoms with Crippen LogP contribution in [-0.2, 0) is 23.3 Å². The number of nitrogens with zero attached hydrogens (tertiary/aromatic N) is 4. The highest BCUT2D eigenvalue weighted by molar-refractivity contribution is 7.86. The Labute approximate surface area is 223 Å². The van der Waals surface area contributed by atoms with E-state index in [9.17, 15) is 26.7 Å². The third-order valence-corrected chi connectivity index (χ3v) is 6.84. The molecule has 11 nitrogen and oxygen atoms in total. The summed E-state index contributed by atoms with van der Waals surface area (Å²) in [4.78, 5) is 42.8. The lowest BCUT2D eigenvalue weighted by Gasteiger charge is -2.11. The number of pyridine rings is 1. The second kappa shape index (κ2) is 11.5. The first kappa shape index (κ1) is 27.6. The van der Waals surface area contributed by atoms with Crippen molar-refractivity contribution in [2.75, 3.05) is 13.2 Å². The predicted octanol–water partition coefficient (Wildman–Crippen LogP) is 2.10. The zero-order chi connectivity index (χ0) is 28.2. The van der Waals surface area contributed by atoms with Gasteiger partial charge in [0, 0.05) is 37.5 Å². The average molecular weight is 556 g/mol. The van der Waals surface area contributed by atoms with E-state index in [0.29, 0.717) is 30.7 Å². The Morgan fingerprint density at radius 1 is 1.13 bits per heavy atom. The van der Waals surface area contributed by atoms with Crippen LogP contribution in [-0.4, -0.2) is 46.0 Å². The predicted molar refractivity (Wildman–Crippen MR) is 142 cm³/mol. The van der Waals surface area contributed by atoms with Crippen molar-refractivity contribution < 1.29 is 21.8 Å². The van der Waals surface area contributed by atoms with Crippen LogP contribution in [0.3, 0.4) is 0 Å². The minimum absolute atomic E-state index is 0.0752. The van der Waals surface area contributed by atoms with Crippen molar-refractivity contribution in [1.29, 1.82) is 0 Å². The molecule has 3 heterocycles. The Morgan fingerprint density at radius 2 is 1.87 bits per heavy atom. The van der Waals surface area contributed by atoms with Gasteiger partial charge in [-0.2, -0.15) is 8.42 Å². The summed E-state index contributed by atoms with van der Waals surface area (Å²) in [5.41, 5.74) is 0.234. The van der Waals surface area contributed by atoms with Gasteiger partial charge >= 0.3 is 15.9 Å². The number of nitrogens with one attached hydrogen (secondary N) is 1. The van der Waals surface area contributed by atoms with Gasteiger partial charge < -0.3 is 10.1 Å². The molecule has 0 saturated heterocycles. The summed E-state index contributed by atoms with van der Waals surface area (Å²) in [6.07, 6.45) is 8.48. The fourth-order valence-electron chi connectivity index (χ4n) is 4.16. The Hall–Kier alpha value is -4.44. The standard InChI is InChI=1S/C26H26FN5O6S/c1-3-13-32-25(34)22-23(29-21-17-19(38-16-4-2)11-15-30(21)22)31(26(32)35)14-6-5-12-28-24(33)18-7-9-20(10-8-18)39(27,36)37/h2,7-11,15,17H,3,5-6,12-14,16H2,1H3,(H,28,33). The van der Waals surface area contributed by atoms with Crippen molar-refractivity contribution in [2.45, 2.75) is 44.2 Å². The fraction of sp³-hybridized carbons (Fsp3) is 0.308. The molecule has 0 atom stereocenters. The normalized spacial score (nSPS) is 11.5. The lowest BCUT2D eigenvalue weighted by molar-refractivity contribution is 0.0952. The fourth-order valence-corrected chi connectivity index (χ4v) is 4.62. The Kier molecular flexibility index (Phi) is 8.15. The van der Waals surface area contributed by atoms with Crippen LogP contribution in [0.25, 0.3) is 16.8 Å². The molecule has 0 unspecified atom stereocenters. The average Bonchev–Trinajstić information content (AvgIpc) is 3.29. The van der Waals surface area contributed by atoms with Crippen molar-refractivity contribution in [2.24, 2.45) is 0 Å². The Morgan fingerprint density at radius 3 is 2.54 bits per heavy atom. The molecule has 0 aliphatic rings. The Balaban J connectivity index is 1.52. The van der Waals surface area contributed by atoms with Crippen LogP contribution in [0.5, 0.6) is 5.75 Å². The zero-order valence-electron chi connectivity index (χ0n) is 21.1. The zero-order valence-corrected chi connectivity index (χ0v) is 21.9. The van der Waals surface area contributed by atoms with Crippen molar-refractivity contribution in [3.63, 3.8) is 0 Å². The number of aryl methyl sites for hydroxylation is 1. The topological polar surface area (TPSA) is 134 Å². The van der Waals surface area contributed by atoms with Crippen LogP contribution >= 0.6 is 0 Å². The highest BCUT2D eigenvalue weighted by Gasteiger charge is 2.19. The minimum atomic E-state index is -4.84. The molecule has 4 rings (SSSR count). The molecule has 1 N–H and O–H groups in total. The van der Waals surface area contributed by atoms with Gasteiger partial charge in [0.15, 0.2) is 11.2 Å². The number of carbonyl (C=O) groups excluding carboxylic acids is 1. The number of terminal acetylenes is 1. The molecule has 0 spiro atoms. The summed E-state index contributed by atoms with van der Waals surface area (Å²) >= 11 is 0. The maximum atomic E-state index is 13.2. The van der Waals surface area contributed by atoms with E-state index in [1.807, 2.05) is 6.92 Å². The summed E-state index contributed by atoms with van der Waals surface area (Å²) in [5, 5.41) is 2.71. The van der Waals surface area contributed by atoms with Gasteiger partial charge in [-0.25, -0.2) is 9.78 Å². The number of benzene rings is 1. The van der Waals surface area contributed by atoms with Crippen LogP contribution in [0, 0.1) is 12.3 Å². The molecule has 1 aromatic carbocycles. The van der Waals surface area contributed by atoms with E-state index in [1.165, 1.54) is 21.3 Å². The number of amides is 1. The second-order valence-electron chi connectivity index (χ2n) is 8.68. The van der Waals surface area contributed by atoms with Crippen molar-refractivity contribution in [1.82, 2.24) is 23.8 Å². The summed E-state index contributed by atoms with van der Waals surface area (Å²) in [6.45, 7) is 2.73. The number of aromatic nitrogens is 4. The van der Waals surface area contributed by atoms with Gasteiger partial charge in [-0.3, -0.25) is 23.1 Å². The van der Waals surface area contributed by atoms with Gasteiger partial charge in [0.2, 0.25) is 0 Å². The van der Waals surface area contributed by atoms with Gasteiger partial charge in [0.1, 0.15) is 18.0 Å². The monoisotopic (exact) mass is 555 g/mol. The van der Waals surface area contributed by atoms with Gasteiger partial charge in [-0.1, -0.05) is 12.8 Å². The SMILES string of the molecule is C#CCOc1ccn2c(c1)nc1c2c(=O)n(CCC)c(=O)n1CCCCNC(=O)c1ccc(S(=O)(=O)F)cc1. The van der Waals surface area contributed by atoms with Gasteiger partial charge in [0.25, 0.3) is 11.5 Å². The smallest absolute Gasteiger partial charge is 0.332 e. The molecule has 0 aliphatic carbocycles. The molecular weight excluding hydrogens is 529 g/mol. The largest absolute Gasteiger partial charge is 0.481 e. The van der Waals surface area contributed by atoms with Gasteiger partial charge in [-0.05, 0) is 49.6 Å². The molecule has 1 amide bonds. The number of unbranched alkanes of at least 4 members (excludes halogenated alkanes) is 1. The van der Waals surface area contributed by atoms with Crippen LogP contribution in [0.4, 0.5) is 3.89 Å². The highest BCUT2D eigenvalue weighted by Crippen LogP contribution is 2.19. The van der Waals surface area contributed by atoms with E-state index < -0.39 is 32.3 Å². The van der Waals surface area contributed by atoms with Crippen LogP contribution in [0.15, 0.2) is 57.1 Å². The third-order valence-electron chi connectivity index (χ3n) is 6.01. The molecule has 3 aromatic heterocycles.